The van der Waals surface area contributed by atoms with Crippen molar-refractivity contribution < 1.29 is 14.4 Å². The fraction of sp³-hybridized carbons (Fsp3) is 0.211. The number of carbonyl (C=O) groups is 3. The summed E-state index contributed by atoms with van der Waals surface area (Å²) in [7, 11) is 1.43. The highest BCUT2D eigenvalue weighted by Gasteiger charge is 2.33. The predicted molar refractivity (Wildman–Crippen MR) is 91.4 cm³/mol. The topological polar surface area (TPSA) is 66.5 Å². The summed E-state index contributed by atoms with van der Waals surface area (Å²) >= 11 is 0. The summed E-state index contributed by atoms with van der Waals surface area (Å²) in [5.74, 6) is -0.617. The first kappa shape index (κ1) is 15.9. The molecule has 0 atom stereocenters. The Labute approximate surface area is 140 Å². The van der Waals surface area contributed by atoms with Crippen LogP contribution in [0.15, 0.2) is 42.5 Å². The van der Waals surface area contributed by atoms with Gasteiger partial charge in [0.15, 0.2) is 0 Å². The van der Waals surface area contributed by atoms with Crippen LogP contribution in [0.2, 0.25) is 0 Å². The number of hydrogen-bond acceptors (Lipinski definition) is 3. The molecule has 1 N–H and O–H groups in total. The van der Waals surface area contributed by atoms with Crippen LogP contribution in [0.3, 0.4) is 0 Å². The average Bonchev–Trinajstić information content (AvgIpc) is 2.79. The van der Waals surface area contributed by atoms with Gasteiger partial charge in [-0.3, -0.25) is 19.3 Å². The summed E-state index contributed by atoms with van der Waals surface area (Å²) in [6, 6.07) is 12.2. The van der Waals surface area contributed by atoms with Crippen LogP contribution in [0.4, 0.5) is 5.69 Å². The lowest BCUT2D eigenvalue weighted by Crippen LogP contribution is -2.24. The fourth-order valence-corrected chi connectivity index (χ4v) is 2.66. The molecule has 0 spiro atoms. The second-order valence-corrected chi connectivity index (χ2v) is 6.16. The summed E-state index contributed by atoms with van der Waals surface area (Å²) in [4.78, 5) is 37.3. The van der Waals surface area contributed by atoms with Crippen LogP contribution in [0, 0.1) is 0 Å². The second kappa shape index (κ2) is 5.92. The largest absolute Gasteiger partial charge is 0.322 e. The lowest BCUT2D eigenvalue weighted by atomic mass is 10.0. The van der Waals surface area contributed by atoms with Crippen molar-refractivity contribution in [1.29, 1.82) is 0 Å². The molecule has 0 radical (unpaired) electrons. The number of carbonyl (C=O) groups excluding carboxylic acids is 3. The van der Waals surface area contributed by atoms with E-state index in [0.29, 0.717) is 22.7 Å². The minimum atomic E-state index is -0.383. The predicted octanol–water partition coefficient (Wildman–Crippen LogP) is 3.29. The molecule has 1 heterocycles. The second-order valence-electron chi connectivity index (χ2n) is 6.16. The van der Waals surface area contributed by atoms with E-state index in [1.807, 2.05) is 24.3 Å². The standard InChI is InChI=1S/C19H18N2O3/c1-11(2)12-4-7-14(8-5-12)20-17(22)13-6-9-15-16(10-13)19(24)21(3)18(15)23/h4-11H,1-3H3,(H,20,22). The van der Waals surface area contributed by atoms with Gasteiger partial charge in [-0.25, -0.2) is 0 Å². The van der Waals surface area contributed by atoms with Gasteiger partial charge in [0.05, 0.1) is 11.1 Å². The highest BCUT2D eigenvalue weighted by Crippen LogP contribution is 2.23. The zero-order chi connectivity index (χ0) is 17.4. The summed E-state index contributed by atoms with van der Waals surface area (Å²) < 4.78 is 0. The Balaban J connectivity index is 1.82. The number of fused-ring (bicyclic) bond motifs is 1. The van der Waals surface area contributed by atoms with E-state index in [4.69, 9.17) is 0 Å². The molecule has 1 aliphatic rings. The zero-order valence-corrected chi connectivity index (χ0v) is 13.8. The Kier molecular flexibility index (Phi) is 3.93. The molecule has 0 unspecified atom stereocenters. The molecule has 0 bridgehead atoms. The minimum Gasteiger partial charge on any atom is -0.322 e. The third-order valence-corrected chi connectivity index (χ3v) is 4.19. The van der Waals surface area contributed by atoms with Crippen LogP contribution in [0.5, 0.6) is 0 Å². The van der Waals surface area contributed by atoms with E-state index in [-0.39, 0.29) is 23.3 Å². The summed E-state index contributed by atoms with van der Waals surface area (Å²) in [6.07, 6.45) is 0. The van der Waals surface area contributed by atoms with Crippen LogP contribution < -0.4 is 5.32 Å². The molecule has 1 aliphatic heterocycles. The first-order valence-corrected chi connectivity index (χ1v) is 7.76. The van der Waals surface area contributed by atoms with Crippen molar-refractivity contribution in [1.82, 2.24) is 4.90 Å². The Bertz CT molecular complexity index is 838. The molecule has 3 amide bonds. The van der Waals surface area contributed by atoms with E-state index in [1.165, 1.54) is 24.7 Å². The molecule has 0 saturated heterocycles. The maximum absolute atomic E-state index is 12.4. The number of imide groups is 1. The van der Waals surface area contributed by atoms with Gasteiger partial charge in [0.1, 0.15) is 0 Å². The van der Waals surface area contributed by atoms with E-state index in [9.17, 15) is 14.4 Å². The molecular weight excluding hydrogens is 304 g/mol. The van der Waals surface area contributed by atoms with E-state index < -0.39 is 0 Å². The molecule has 122 valence electrons. The smallest absolute Gasteiger partial charge is 0.261 e. The quantitative estimate of drug-likeness (QED) is 0.882. The number of benzene rings is 2. The lowest BCUT2D eigenvalue weighted by molar-refractivity contribution is 0.0693. The molecule has 3 rings (SSSR count). The monoisotopic (exact) mass is 322 g/mol. The van der Waals surface area contributed by atoms with E-state index in [1.54, 1.807) is 6.07 Å². The van der Waals surface area contributed by atoms with Crippen LogP contribution in [-0.4, -0.2) is 29.7 Å². The highest BCUT2D eigenvalue weighted by molar-refractivity contribution is 6.22. The number of hydrogen-bond donors (Lipinski definition) is 1. The highest BCUT2D eigenvalue weighted by atomic mass is 16.2. The third kappa shape index (κ3) is 2.69. The van der Waals surface area contributed by atoms with Gasteiger partial charge < -0.3 is 5.32 Å². The molecular formula is C19H18N2O3. The van der Waals surface area contributed by atoms with E-state index in [0.717, 1.165) is 4.90 Å². The lowest BCUT2D eigenvalue weighted by Gasteiger charge is -2.09. The molecule has 2 aromatic carbocycles. The Hall–Kier alpha value is -2.95. The maximum atomic E-state index is 12.4. The van der Waals surface area contributed by atoms with Crippen molar-refractivity contribution in [3.63, 3.8) is 0 Å². The van der Waals surface area contributed by atoms with Gasteiger partial charge in [0.25, 0.3) is 17.7 Å². The molecule has 0 saturated carbocycles. The zero-order valence-electron chi connectivity index (χ0n) is 13.8. The summed E-state index contributed by atoms with van der Waals surface area (Å²) in [5, 5.41) is 2.80. The van der Waals surface area contributed by atoms with Gasteiger partial charge in [-0.15, -0.1) is 0 Å². The van der Waals surface area contributed by atoms with Crippen molar-refractivity contribution in [2.24, 2.45) is 0 Å². The van der Waals surface area contributed by atoms with Gasteiger partial charge in [0.2, 0.25) is 0 Å². The molecule has 2 aromatic rings. The third-order valence-electron chi connectivity index (χ3n) is 4.19. The SMILES string of the molecule is CC(C)c1ccc(NC(=O)c2ccc3c(c2)C(=O)N(C)C3=O)cc1. The Morgan fingerprint density at radius 1 is 0.958 bits per heavy atom. The first-order valence-electron chi connectivity index (χ1n) is 7.76. The first-order chi connectivity index (χ1) is 11.4. The van der Waals surface area contributed by atoms with Crippen LogP contribution in [0.1, 0.15) is 56.4 Å². The van der Waals surface area contributed by atoms with Crippen LogP contribution in [0.25, 0.3) is 0 Å². The van der Waals surface area contributed by atoms with Crippen molar-refractivity contribution >= 4 is 23.4 Å². The molecule has 0 aromatic heterocycles. The van der Waals surface area contributed by atoms with Gasteiger partial charge in [0, 0.05) is 18.3 Å². The van der Waals surface area contributed by atoms with Crippen LogP contribution in [-0.2, 0) is 0 Å². The molecule has 0 aliphatic carbocycles. The minimum absolute atomic E-state index is 0.269. The molecule has 24 heavy (non-hydrogen) atoms. The fourth-order valence-electron chi connectivity index (χ4n) is 2.66. The van der Waals surface area contributed by atoms with Crippen molar-refractivity contribution in [3.05, 3.63) is 64.7 Å². The number of nitrogens with one attached hydrogen (secondary N) is 1. The van der Waals surface area contributed by atoms with Crippen molar-refractivity contribution in [2.75, 3.05) is 12.4 Å². The number of amides is 3. The summed E-state index contributed by atoms with van der Waals surface area (Å²) in [5.41, 5.74) is 2.82. The number of anilines is 1. The molecule has 0 fully saturated rings. The molecule has 5 heteroatoms. The summed E-state index contributed by atoms with van der Waals surface area (Å²) in [6.45, 7) is 4.21. The van der Waals surface area contributed by atoms with Crippen molar-refractivity contribution in [2.45, 2.75) is 19.8 Å². The normalized spacial score (nSPS) is 13.4. The van der Waals surface area contributed by atoms with Gasteiger partial charge >= 0.3 is 0 Å². The number of nitrogens with zero attached hydrogens (tertiary/aromatic N) is 1. The number of rotatable bonds is 3. The van der Waals surface area contributed by atoms with Gasteiger partial charge in [-0.05, 0) is 41.8 Å². The van der Waals surface area contributed by atoms with E-state index >= 15 is 0 Å². The van der Waals surface area contributed by atoms with E-state index in [2.05, 4.69) is 19.2 Å². The Morgan fingerprint density at radius 2 is 1.58 bits per heavy atom. The molecule has 5 nitrogen and oxygen atoms in total. The van der Waals surface area contributed by atoms with Gasteiger partial charge in [-0.2, -0.15) is 0 Å². The van der Waals surface area contributed by atoms with Crippen molar-refractivity contribution in [3.8, 4) is 0 Å². The Morgan fingerprint density at radius 3 is 2.21 bits per heavy atom. The maximum Gasteiger partial charge on any atom is 0.261 e. The van der Waals surface area contributed by atoms with Gasteiger partial charge in [-0.1, -0.05) is 26.0 Å². The van der Waals surface area contributed by atoms with Crippen LogP contribution >= 0.6 is 0 Å². The average molecular weight is 322 g/mol.